The SMILES string of the molecule is COc1cccc(/C=C/C(=O)Nc2ccccc2C#N)c1. The Kier molecular flexibility index (Phi) is 4.73. The van der Waals surface area contributed by atoms with Crippen molar-refractivity contribution in [2.75, 3.05) is 12.4 Å². The molecule has 2 aromatic carbocycles. The molecule has 0 spiro atoms. The lowest BCUT2D eigenvalue weighted by Crippen LogP contribution is -2.08. The number of rotatable bonds is 4. The Morgan fingerprint density at radius 3 is 2.81 bits per heavy atom. The molecule has 0 saturated heterocycles. The molecule has 0 aliphatic heterocycles. The van der Waals surface area contributed by atoms with Gasteiger partial charge in [0.25, 0.3) is 0 Å². The van der Waals surface area contributed by atoms with E-state index in [1.54, 1.807) is 37.5 Å². The van der Waals surface area contributed by atoms with Crippen molar-refractivity contribution >= 4 is 17.7 Å². The number of carbonyl (C=O) groups excluding carboxylic acids is 1. The number of nitrogens with zero attached hydrogens (tertiary/aromatic N) is 1. The van der Waals surface area contributed by atoms with Crippen LogP contribution >= 0.6 is 0 Å². The summed E-state index contributed by atoms with van der Waals surface area (Å²) in [6, 6.07) is 16.3. The number of para-hydroxylation sites is 1. The number of anilines is 1. The molecule has 0 radical (unpaired) electrons. The minimum atomic E-state index is -0.291. The fraction of sp³-hybridized carbons (Fsp3) is 0.0588. The maximum Gasteiger partial charge on any atom is 0.248 e. The highest BCUT2D eigenvalue weighted by atomic mass is 16.5. The Morgan fingerprint density at radius 1 is 1.24 bits per heavy atom. The van der Waals surface area contributed by atoms with E-state index in [0.29, 0.717) is 11.3 Å². The zero-order valence-corrected chi connectivity index (χ0v) is 11.5. The number of benzene rings is 2. The largest absolute Gasteiger partial charge is 0.497 e. The second-order valence-corrected chi connectivity index (χ2v) is 4.26. The summed E-state index contributed by atoms with van der Waals surface area (Å²) in [5.74, 6) is 0.438. The quantitative estimate of drug-likeness (QED) is 0.873. The Bertz CT molecular complexity index is 715. The van der Waals surface area contributed by atoms with Crippen LogP contribution in [0.3, 0.4) is 0 Å². The number of nitrogens with one attached hydrogen (secondary N) is 1. The van der Waals surface area contributed by atoms with Crippen LogP contribution in [-0.2, 0) is 4.79 Å². The van der Waals surface area contributed by atoms with Gasteiger partial charge in [-0.25, -0.2) is 0 Å². The van der Waals surface area contributed by atoms with Gasteiger partial charge in [-0.1, -0.05) is 24.3 Å². The molecular weight excluding hydrogens is 264 g/mol. The molecule has 2 rings (SSSR count). The predicted octanol–water partition coefficient (Wildman–Crippen LogP) is 3.22. The van der Waals surface area contributed by atoms with Crippen molar-refractivity contribution in [1.29, 1.82) is 5.26 Å². The van der Waals surface area contributed by atoms with E-state index in [4.69, 9.17) is 10.00 Å². The lowest BCUT2D eigenvalue weighted by atomic mass is 10.2. The third-order valence-electron chi connectivity index (χ3n) is 2.83. The van der Waals surface area contributed by atoms with Gasteiger partial charge in [0.2, 0.25) is 5.91 Å². The van der Waals surface area contributed by atoms with Crippen molar-refractivity contribution in [3.8, 4) is 11.8 Å². The molecule has 0 heterocycles. The Morgan fingerprint density at radius 2 is 2.05 bits per heavy atom. The van der Waals surface area contributed by atoms with Gasteiger partial charge in [0, 0.05) is 6.08 Å². The van der Waals surface area contributed by atoms with Crippen LogP contribution in [0.25, 0.3) is 6.08 Å². The first kappa shape index (κ1) is 14.4. The van der Waals surface area contributed by atoms with Crippen LogP contribution in [0.1, 0.15) is 11.1 Å². The van der Waals surface area contributed by atoms with Crippen LogP contribution < -0.4 is 10.1 Å². The molecule has 0 saturated carbocycles. The first-order valence-electron chi connectivity index (χ1n) is 6.35. The number of carbonyl (C=O) groups is 1. The van der Waals surface area contributed by atoms with E-state index >= 15 is 0 Å². The van der Waals surface area contributed by atoms with Crippen molar-refractivity contribution < 1.29 is 9.53 Å². The Hall–Kier alpha value is -3.06. The lowest BCUT2D eigenvalue weighted by molar-refractivity contribution is -0.111. The van der Waals surface area contributed by atoms with E-state index in [-0.39, 0.29) is 5.91 Å². The molecule has 0 fully saturated rings. The van der Waals surface area contributed by atoms with Crippen LogP contribution in [0.4, 0.5) is 5.69 Å². The van der Waals surface area contributed by atoms with Crippen molar-refractivity contribution in [3.63, 3.8) is 0 Å². The number of methoxy groups -OCH3 is 1. The molecule has 4 nitrogen and oxygen atoms in total. The Balaban J connectivity index is 2.07. The van der Waals surface area contributed by atoms with E-state index < -0.39 is 0 Å². The number of nitriles is 1. The standard InChI is InChI=1S/C17H14N2O2/c1-21-15-7-4-5-13(11-15)9-10-17(20)19-16-8-3-2-6-14(16)12-18/h2-11H,1H3,(H,19,20)/b10-9+. The second kappa shape index (κ2) is 6.92. The van der Waals surface area contributed by atoms with Crippen LogP contribution in [-0.4, -0.2) is 13.0 Å². The average Bonchev–Trinajstić information content (AvgIpc) is 2.53. The summed E-state index contributed by atoms with van der Waals surface area (Å²) in [6.07, 6.45) is 3.11. The van der Waals surface area contributed by atoms with Gasteiger partial charge in [-0.05, 0) is 35.9 Å². The first-order valence-corrected chi connectivity index (χ1v) is 6.35. The molecule has 0 unspecified atom stereocenters. The van der Waals surface area contributed by atoms with Crippen molar-refractivity contribution in [2.24, 2.45) is 0 Å². The van der Waals surface area contributed by atoms with Crippen LogP contribution in [0.5, 0.6) is 5.75 Å². The van der Waals surface area contributed by atoms with Gasteiger partial charge in [-0.3, -0.25) is 4.79 Å². The van der Waals surface area contributed by atoms with Gasteiger partial charge in [0.1, 0.15) is 11.8 Å². The molecule has 0 aliphatic carbocycles. The molecule has 0 aromatic heterocycles. The zero-order chi connectivity index (χ0) is 15.1. The topological polar surface area (TPSA) is 62.1 Å². The maximum absolute atomic E-state index is 11.9. The summed E-state index contributed by atoms with van der Waals surface area (Å²) in [6.45, 7) is 0. The molecule has 0 atom stereocenters. The molecule has 2 aromatic rings. The Labute approximate surface area is 123 Å². The van der Waals surface area contributed by atoms with Gasteiger partial charge in [-0.2, -0.15) is 5.26 Å². The molecule has 21 heavy (non-hydrogen) atoms. The number of amides is 1. The molecule has 1 amide bonds. The van der Waals surface area contributed by atoms with Crippen LogP contribution in [0.15, 0.2) is 54.6 Å². The molecule has 4 heteroatoms. The molecule has 104 valence electrons. The van der Waals surface area contributed by atoms with E-state index in [2.05, 4.69) is 5.32 Å². The van der Waals surface area contributed by atoms with E-state index in [0.717, 1.165) is 11.3 Å². The van der Waals surface area contributed by atoms with Gasteiger partial charge in [0.15, 0.2) is 0 Å². The summed E-state index contributed by atoms with van der Waals surface area (Å²) in [4.78, 5) is 11.9. The van der Waals surface area contributed by atoms with E-state index in [1.165, 1.54) is 6.08 Å². The number of hydrogen-bond donors (Lipinski definition) is 1. The van der Waals surface area contributed by atoms with Gasteiger partial charge < -0.3 is 10.1 Å². The molecular formula is C17H14N2O2. The smallest absolute Gasteiger partial charge is 0.248 e. The zero-order valence-electron chi connectivity index (χ0n) is 11.5. The summed E-state index contributed by atoms with van der Waals surface area (Å²) < 4.78 is 5.12. The van der Waals surface area contributed by atoms with Crippen molar-refractivity contribution in [2.45, 2.75) is 0 Å². The summed E-state index contributed by atoms with van der Waals surface area (Å²) in [7, 11) is 1.59. The third-order valence-corrected chi connectivity index (χ3v) is 2.83. The lowest BCUT2D eigenvalue weighted by Gasteiger charge is -2.04. The number of hydrogen-bond acceptors (Lipinski definition) is 3. The van der Waals surface area contributed by atoms with E-state index in [9.17, 15) is 4.79 Å². The average molecular weight is 278 g/mol. The second-order valence-electron chi connectivity index (χ2n) is 4.26. The first-order chi connectivity index (χ1) is 10.2. The van der Waals surface area contributed by atoms with Gasteiger partial charge >= 0.3 is 0 Å². The van der Waals surface area contributed by atoms with Crippen molar-refractivity contribution in [1.82, 2.24) is 0 Å². The summed E-state index contributed by atoms with van der Waals surface area (Å²) in [5, 5.41) is 11.6. The highest BCUT2D eigenvalue weighted by Crippen LogP contribution is 2.15. The van der Waals surface area contributed by atoms with Crippen LogP contribution in [0.2, 0.25) is 0 Å². The van der Waals surface area contributed by atoms with E-state index in [1.807, 2.05) is 30.3 Å². The minimum absolute atomic E-state index is 0.291. The maximum atomic E-state index is 11.9. The van der Waals surface area contributed by atoms with Gasteiger partial charge in [0.05, 0.1) is 18.4 Å². The summed E-state index contributed by atoms with van der Waals surface area (Å²) in [5.41, 5.74) is 1.79. The molecule has 0 aliphatic rings. The number of ether oxygens (including phenoxy) is 1. The minimum Gasteiger partial charge on any atom is -0.497 e. The monoisotopic (exact) mass is 278 g/mol. The third kappa shape index (κ3) is 3.95. The van der Waals surface area contributed by atoms with Crippen LogP contribution in [0, 0.1) is 11.3 Å². The van der Waals surface area contributed by atoms with Crippen molar-refractivity contribution in [3.05, 3.63) is 65.7 Å². The highest BCUT2D eigenvalue weighted by molar-refractivity contribution is 6.02. The summed E-state index contributed by atoms with van der Waals surface area (Å²) >= 11 is 0. The normalized spacial score (nSPS) is 10.1. The molecule has 0 bridgehead atoms. The van der Waals surface area contributed by atoms with Gasteiger partial charge in [-0.15, -0.1) is 0 Å². The molecule has 1 N–H and O–H groups in total. The predicted molar refractivity (Wildman–Crippen MR) is 81.8 cm³/mol. The fourth-order valence-electron chi connectivity index (χ4n) is 1.78. The highest BCUT2D eigenvalue weighted by Gasteiger charge is 2.03. The fourth-order valence-corrected chi connectivity index (χ4v) is 1.78.